The zero-order chi connectivity index (χ0) is 20.5. The molecule has 3 rings (SSSR count). The van der Waals surface area contributed by atoms with Crippen LogP contribution in [0.2, 0.25) is 5.02 Å². The summed E-state index contributed by atoms with van der Waals surface area (Å²) in [5.41, 5.74) is -0.00382. The van der Waals surface area contributed by atoms with Crippen molar-refractivity contribution in [1.82, 2.24) is 15.1 Å². The zero-order valence-electron chi connectivity index (χ0n) is 14.7. The molecule has 0 spiro atoms. The van der Waals surface area contributed by atoms with Crippen molar-refractivity contribution in [3.05, 3.63) is 51.4 Å². The van der Waals surface area contributed by atoms with E-state index in [2.05, 4.69) is 14.9 Å². The number of carbonyl (C=O) groups excluding carboxylic acids is 1. The van der Waals surface area contributed by atoms with Gasteiger partial charge in [0.05, 0.1) is 18.4 Å². The summed E-state index contributed by atoms with van der Waals surface area (Å²) in [5.74, 6) is -0.670. The van der Waals surface area contributed by atoms with Gasteiger partial charge in [0, 0.05) is 24.7 Å². The number of carbonyl (C=O) groups is 1. The Hall–Kier alpha value is -2.75. The number of rotatable bonds is 4. The first-order valence-electron chi connectivity index (χ1n) is 8.27. The van der Waals surface area contributed by atoms with Gasteiger partial charge in [-0.15, -0.1) is 13.2 Å². The van der Waals surface area contributed by atoms with Gasteiger partial charge in [0.25, 0.3) is 5.56 Å². The molecule has 1 fully saturated rings. The van der Waals surface area contributed by atoms with Crippen molar-refractivity contribution in [2.75, 3.05) is 18.0 Å². The van der Waals surface area contributed by atoms with Gasteiger partial charge >= 0.3 is 6.36 Å². The lowest BCUT2D eigenvalue weighted by Crippen LogP contribution is -2.55. The molecule has 28 heavy (non-hydrogen) atoms. The fourth-order valence-corrected chi connectivity index (χ4v) is 3.23. The molecule has 7 nitrogen and oxygen atoms in total. The third-order valence-electron chi connectivity index (χ3n) is 4.32. The van der Waals surface area contributed by atoms with E-state index < -0.39 is 11.9 Å². The molecule has 1 saturated heterocycles. The van der Waals surface area contributed by atoms with E-state index in [1.54, 1.807) is 11.0 Å². The fraction of sp³-hybridized carbons (Fsp3) is 0.353. The number of nitrogens with one attached hydrogen (secondary N) is 1. The number of aromatic nitrogens is 2. The van der Waals surface area contributed by atoms with E-state index in [-0.39, 0.29) is 47.9 Å². The predicted molar refractivity (Wildman–Crippen MR) is 95.2 cm³/mol. The second-order valence-electron chi connectivity index (χ2n) is 6.31. The van der Waals surface area contributed by atoms with Gasteiger partial charge in [-0.1, -0.05) is 29.8 Å². The van der Waals surface area contributed by atoms with Crippen LogP contribution in [-0.2, 0) is 11.3 Å². The van der Waals surface area contributed by atoms with E-state index in [1.807, 2.05) is 6.92 Å². The summed E-state index contributed by atoms with van der Waals surface area (Å²) in [4.78, 5) is 27.3. The first kappa shape index (κ1) is 20.0. The molecule has 0 aliphatic carbocycles. The van der Waals surface area contributed by atoms with Crippen molar-refractivity contribution in [3.8, 4) is 5.75 Å². The van der Waals surface area contributed by atoms with Crippen LogP contribution in [-0.4, -0.2) is 46.5 Å². The zero-order valence-corrected chi connectivity index (χ0v) is 15.4. The number of hydrogen-bond acceptors (Lipinski definition) is 5. The average Bonchev–Trinajstić information content (AvgIpc) is 2.61. The molecule has 1 aliphatic heterocycles. The second kappa shape index (κ2) is 7.70. The van der Waals surface area contributed by atoms with E-state index >= 15 is 0 Å². The molecule has 150 valence electrons. The van der Waals surface area contributed by atoms with Crippen LogP contribution >= 0.6 is 11.6 Å². The Kier molecular flexibility index (Phi) is 5.50. The SMILES string of the molecule is C[C@H]1CN(Cc2ccccc2OC(F)(F)F)C(=O)CN1c1cn[nH]c(=O)c1Cl. The van der Waals surface area contributed by atoms with Crippen LogP contribution in [0.5, 0.6) is 5.75 Å². The quantitative estimate of drug-likeness (QED) is 0.828. The van der Waals surface area contributed by atoms with Crippen molar-refractivity contribution in [3.63, 3.8) is 0 Å². The third kappa shape index (κ3) is 4.38. The lowest BCUT2D eigenvalue weighted by molar-refractivity contribution is -0.275. The van der Waals surface area contributed by atoms with Crippen molar-refractivity contribution in [2.45, 2.75) is 25.9 Å². The minimum absolute atomic E-state index is 0.0371. The largest absolute Gasteiger partial charge is 0.573 e. The molecule has 11 heteroatoms. The molecule has 1 amide bonds. The molecular weight excluding hydrogens is 401 g/mol. The molecule has 1 atom stereocenters. The number of ether oxygens (including phenoxy) is 1. The van der Waals surface area contributed by atoms with E-state index in [0.717, 1.165) is 0 Å². The van der Waals surface area contributed by atoms with E-state index in [4.69, 9.17) is 11.6 Å². The number of alkyl halides is 3. The van der Waals surface area contributed by atoms with Gasteiger partial charge in [0.15, 0.2) is 0 Å². The molecule has 2 heterocycles. The smallest absolute Gasteiger partial charge is 0.405 e. The Morgan fingerprint density at radius 3 is 2.75 bits per heavy atom. The summed E-state index contributed by atoms with van der Waals surface area (Å²) in [6.45, 7) is 1.91. The van der Waals surface area contributed by atoms with Crippen LogP contribution in [0.3, 0.4) is 0 Å². The van der Waals surface area contributed by atoms with Gasteiger partial charge in [0.2, 0.25) is 5.91 Å². The van der Waals surface area contributed by atoms with E-state index in [1.165, 1.54) is 29.3 Å². The maximum absolute atomic E-state index is 12.6. The van der Waals surface area contributed by atoms with Crippen LogP contribution < -0.4 is 15.2 Å². The Morgan fingerprint density at radius 2 is 2.04 bits per heavy atom. The highest BCUT2D eigenvalue weighted by Gasteiger charge is 2.34. The van der Waals surface area contributed by atoms with Crippen LogP contribution in [0.25, 0.3) is 0 Å². The first-order valence-corrected chi connectivity index (χ1v) is 8.65. The van der Waals surface area contributed by atoms with Gasteiger partial charge in [-0.05, 0) is 13.0 Å². The highest BCUT2D eigenvalue weighted by molar-refractivity contribution is 6.33. The summed E-state index contributed by atoms with van der Waals surface area (Å²) in [5, 5.41) is 5.83. The molecule has 2 aromatic rings. The normalized spacial score (nSPS) is 17.8. The maximum Gasteiger partial charge on any atom is 0.573 e. The number of anilines is 1. The number of benzene rings is 1. The molecule has 1 N–H and O–H groups in total. The number of nitrogens with zero attached hydrogens (tertiary/aromatic N) is 3. The molecule has 0 bridgehead atoms. The van der Waals surface area contributed by atoms with Gasteiger partial charge in [-0.3, -0.25) is 9.59 Å². The standard InChI is InChI=1S/C17H16ClF3N4O3/c1-10-7-24(8-11-4-2-3-5-13(11)28-17(19,20)21)14(26)9-25(10)12-6-22-23-16(27)15(12)18/h2-6,10H,7-9H2,1H3,(H,23,27)/t10-/m0/s1. The number of H-pyrrole nitrogens is 1. The Bertz CT molecular complexity index is 934. The summed E-state index contributed by atoms with van der Waals surface area (Å²) in [6.07, 6.45) is -3.47. The highest BCUT2D eigenvalue weighted by Crippen LogP contribution is 2.29. The topological polar surface area (TPSA) is 78.5 Å². The van der Waals surface area contributed by atoms with Crippen molar-refractivity contribution in [2.24, 2.45) is 0 Å². The summed E-state index contributed by atoms with van der Waals surface area (Å²) in [6, 6.07) is 5.44. The van der Waals surface area contributed by atoms with E-state index in [0.29, 0.717) is 5.69 Å². The summed E-state index contributed by atoms with van der Waals surface area (Å²) in [7, 11) is 0. The van der Waals surface area contributed by atoms with Crippen LogP contribution in [0, 0.1) is 0 Å². The fourth-order valence-electron chi connectivity index (χ4n) is 3.03. The molecule has 1 aliphatic rings. The number of hydrogen-bond donors (Lipinski definition) is 1. The average molecular weight is 417 g/mol. The van der Waals surface area contributed by atoms with Gasteiger partial charge in [-0.2, -0.15) is 5.10 Å². The first-order chi connectivity index (χ1) is 13.2. The highest BCUT2D eigenvalue weighted by atomic mass is 35.5. The lowest BCUT2D eigenvalue weighted by atomic mass is 10.1. The number of para-hydroxylation sites is 1. The Balaban J connectivity index is 1.78. The Labute approximate surface area is 162 Å². The van der Waals surface area contributed by atoms with Crippen molar-refractivity contribution >= 4 is 23.2 Å². The number of aromatic amines is 1. The number of amides is 1. The minimum atomic E-state index is -4.82. The number of halogens is 4. The third-order valence-corrected chi connectivity index (χ3v) is 4.69. The molecule has 0 unspecified atom stereocenters. The molecular formula is C17H16ClF3N4O3. The monoisotopic (exact) mass is 416 g/mol. The second-order valence-corrected chi connectivity index (χ2v) is 6.68. The van der Waals surface area contributed by atoms with Crippen molar-refractivity contribution < 1.29 is 22.7 Å². The number of piperazine rings is 1. The van der Waals surface area contributed by atoms with Crippen LogP contribution in [0.15, 0.2) is 35.3 Å². The predicted octanol–water partition coefficient (Wildman–Crippen LogP) is 2.56. The molecule has 1 aromatic carbocycles. The van der Waals surface area contributed by atoms with Crippen molar-refractivity contribution in [1.29, 1.82) is 0 Å². The van der Waals surface area contributed by atoms with Crippen LogP contribution in [0.4, 0.5) is 18.9 Å². The maximum atomic E-state index is 12.6. The molecule has 0 radical (unpaired) electrons. The summed E-state index contributed by atoms with van der Waals surface area (Å²) >= 11 is 6.01. The molecule has 1 aromatic heterocycles. The van der Waals surface area contributed by atoms with E-state index in [9.17, 15) is 22.8 Å². The van der Waals surface area contributed by atoms with Gasteiger partial charge in [-0.25, -0.2) is 5.10 Å². The van der Waals surface area contributed by atoms with Crippen LogP contribution in [0.1, 0.15) is 12.5 Å². The minimum Gasteiger partial charge on any atom is -0.405 e. The Morgan fingerprint density at radius 1 is 1.32 bits per heavy atom. The van der Waals surface area contributed by atoms with Gasteiger partial charge < -0.3 is 14.5 Å². The summed E-state index contributed by atoms with van der Waals surface area (Å²) < 4.78 is 41.8. The lowest BCUT2D eigenvalue weighted by Gasteiger charge is -2.40. The molecule has 0 saturated carbocycles. The van der Waals surface area contributed by atoms with Gasteiger partial charge in [0.1, 0.15) is 10.8 Å².